The summed E-state index contributed by atoms with van der Waals surface area (Å²) in [7, 11) is 0. The predicted octanol–water partition coefficient (Wildman–Crippen LogP) is 2.59. The molecule has 4 heteroatoms. The Hall–Kier alpha value is -1.96. The zero-order chi connectivity index (χ0) is 23.1. The largest absolute Gasteiger partial charge is 1.00 e. The molecule has 2 aliphatic rings. The Morgan fingerprint density at radius 2 is 1.25 bits per heavy atom. The van der Waals surface area contributed by atoms with Crippen LogP contribution >= 0.6 is 0 Å². The Morgan fingerprint density at radius 3 is 1.94 bits per heavy atom. The van der Waals surface area contributed by atoms with Crippen molar-refractivity contribution in [1.29, 1.82) is 0 Å². The first-order chi connectivity index (χ1) is 16.7. The van der Waals surface area contributed by atoms with Crippen molar-refractivity contribution in [3.05, 3.63) is 137 Å². The van der Waals surface area contributed by atoms with Crippen molar-refractivity contribution in [1.82, 2.24) is 0 Å². The number of fused-ring (bicyclic) bond motifs is 2. The van der Waals surface area contributed by atoms with Gasteiger partial charge in [-0.3, -0.25) is 0 Å². The summed E-state index contributed by atoms with van der Waals surface area (Å²) in [6.07, 6.45) is 7.51. The van der Waals surface area contributed by atoms with E-state index in [-0.39, 0.29) is 24.8 Å². The van der Waals surface area contributed by atoms with Gasteiger partial charge in [-0.05, 0) is 0 Å². The standard InChI is InChI=1S/C21H15.C9H7.C2H6Si.2ClH.Zr/c1-3-8-16(9-4-1)19-14-18-12-7-13-20(21(18)15-19)17-10-5-2-6-11-17;1-2-5-9-7-3-6-8(9)4-1;1-3-2;;;/h1-15H;1-7H;1-2H3;2*1H;/q;;;;;+2/p-2. The van der Waals surface area contributed by atoms with Crippen LogP contribution in [0.25, 0.3) is 28.9 Å². The minimum Gasteiger partial charge on any atom is -1.00 e. The van der Waals surface area contributed by atoms with Crippen LogP contribution in [0.1, 0.15) is 35.1 Å². The first-order valence-corrected chi connectivity index (χ1v) is 21.1. The molecular formula is C32H28Cl2SiZr. The van der Waals surface area contributed by atoms with Crippen molar-refractivity contribution in [3.63, 3.8) is 0 Å². The summed E-state index contributed by atoms with van der Waals surface area (Å²) < 4.78 is 1.25. The second kappa shape index (κ2) is 11.6. The quantitative estimate of drug-likeness (QED) is 0.315. The molecule has 4 aromatic rings. The fraction of sp³-hybridized carbons (Fsp3) is 0.125. The third-order valence-corrected chi connectivity index (χ3v) is 26.4. The maximum atomic E-state index is 2.59. The number of rotatable bonds is 4. The van der Waals surface area contributed by atoms with Crippen LogP contribution in [0, 0.1) is 0 Å². The average Bonchev–Trinajstić information content (AvgIpc) is 3.48. The summed E-state index contributed by atoms with van der Waals surface area (Å²) in [6.45, 7) is 5.19. The summed E-state index contributed by atoms with van der Waals surface area (Å²) >= 11 is -2.05. The van der Waals surface area contributed by atoms with E-state index >= 15 is 0 Å². The molecule has 0 saturated carbocycles. The van der Waals surface area contributed by atoms with Crippen molar-refractivity contribution in [2.75, 3.05) is 0 Å². The van der Waals surface area contributed by atoms with E-state index in [1.165, 1.54) is 27.8 Å². The molecule has 178 valence electrons. The number of halogens is 2. The molecule has 0 saturated heterocycles. The zero-order valence-corrected chi connectivity index (χ0v) is 25.4. The van der Waals surface area contributed by atoms with E-state index in [0.29, 0.717) is 7.25 Å². The van der Waals surface area contributed by atoms with Crippen LogP contribution in [0.15, 0.2) is 109 Å². The molecule has 0 fully saturated rings. The summed E-state index contributed by atoms with van der Waals surface area (Å²) in [5.74, 6) is 0. The van der Waals surface area contributed by atoms with Crippen LogP contribution < -0.4 is 24.8 Å². The topological polar surface area (TPSA) is 0 Å². The van der Waals surface area contributed by atoms with Gasteiger partial charge in [0.25, 0.3) is 0 Å². The van der Waals surface area contributed by atoms with Gasteiger partial charge in [-0.15, -0.1) is 0 Å². The van der Waals surface area contributed by atoms with Crippen LogP contribution in [0.4, 0.5) is 0 Å². The van der Waals surface area contributed by atoms with Gasteiger partial charge in [0.15, 0.2) is 0 Å². The van der Waals surface area contributed by atoms with E-state index in [9.17, 15) is 0 Å². The molecular weight excluding hydrogens is 575 g/mol. The number of hydrogen-bond donors (Lipinski definition) is 0. The van der Waals surface area contributed by atoms with Crippen molar-refractivity contribution in [3.8, 4) is 11.1 Å². The summed E-state index contributed by atoms with van der Waals surface area (Å²) in [4.78, 5) is 0. The van der Waals surface area contributed by atoms with E-state index in [1.807, 2.05) is 0 Å². The van der Waals surface area contributed by atoms with Gasteiger partial charge in [-0.1, -0.05) is 0 Å². The molecule has 6 rings (SSSR count). The van der Waals surface area contributed by atoms with Gasteiger partial charge >= 0.3 is 212 Å². The number of allylic oxidation sites excluding steroid dienone is 2. The Kier molecular flexibility index (Phi) is 8.74. The SMILES string of the molecule is C[Si](C)=[Zr+2]([CH]1C=Cc2ccccc21)[CH]1C(c2ccccc2)=Cc2c(-c3ccccc3)cccc21.[Cl-].[Cl-]. The Labute approximate surface area is 235 Å². The van der Waals surface area contributed by atoms with E-state index in [1.54, 1.807) is 16.7 Å². The van der Waals surface area contributed by atoms with Crippen molar-refractivity contribution >= 4 is 23.2 Å². The van der Waals surface area contributed by atoms with Crippen molar-refractivity contribution < 1.29 is 45.2 Å². The Balaban J connectivity index is 0.00000152. The normalized spacial score (nSPS) is 16.5. The molecule has 2 atom stereocenters. The first-order valence-electron chi connectivity index (χ1n) is 12.1. The van der Waals surface area contributed by atoms with Gasteiger partial charge in [-0.25, -0.2) is 0 Å². The van der Waals surface area contributed by atoms with Crippen LogP contribution in [0.5, 0.6) is 0 Å². The van der Waals surface area contributed by atoms with Gasteiger partial charge in [0.2, 0.25) is 0 Å². The third kappa shape index (κ3) is 4.82. The minimum absolute atomic E-state index is 0. The molecule has 0 radical (unpaired) electrons. The molecule has 0 bridgehead atoms. The maximum Gasteiger partial charge on any atom is -1.00 e. The van der Waals surface area contributed by atoms with Crippen molar-refractivity contribution in [2.45, 2.75) is 20.3 Å². The number of hydrogen-bond acceptors (Lipinski definition) is 0. The monoisotopic (exact) mass is 600 g/mol. The smallest absolute Gasteiger partial charge is 1.00 e. The summed E-state index contributed by atoms with van der Waals surface area (Å²) in [5.41, 5.74) is 11.3. The molecule has 0 heterocycles. The summed E-state index contributed by atoms with van der Waals surface area (Å²) in [6, 6.07) is 38.3. The average molecular weight is 603 g/mol. The zero-order valence-electron chi connectivity index (χ0n) is 20.5. The molecule has 0 aromatic heterocycles. The molecule has 2 unspecified atom stereocenters. The van der Waals surface area contributed by atoms with E-state index < -0.39 is 25.8 Å². The van der Waals surface area contributed by atoms with E-state index in [2.05, 4.69) is 134 Å². The fourth-order valence-corrected chi connectivity index (χ4v) is 25.1. The molecule has 36 heavy (non-hydrogen) atoms. The molecule has 2 aliphatic carbocycles. The Morgan fingerprint density at radius 1 is 0.639 bits per heavy atom. The van der Waals surface area contributed by atoms with Crippen LogP contribution in [-0.4, -0.2) is 5.43 Å². The molecule has 4 aromatic carbocycles. The third-order valence-electron chi connectivity index (χ3n) is 7.28. The maximum absolute atomic E-state index is 2.59. The van der Waals surface area contributed by atoms with Crippen LogP contribution in [0.2, 0.25) is 13.1 Å². The van der Waals surface area contributed by atoms with Gasteiger partial charge < -0.3 is 24.8 Å². The first kappa shape index (κ1) is 27.1. The van der Waals surface area contributed by atoms with Gasteiger partial charge in [-0.2, -0.15) is 0 Å². The molecule has 0 nitrogen and oxygen atoms in total. The second-order valence-corrected chi connectivity index (χ2v) is 27.5. The predicted molar refractivity (Wildman–Crippen MR) is 145 cm³/mol. The fourth-order valence-electron chi connectivity index (χ4n) is 5.79. The molecule has 0 aliphatic heterocycles. The van der Waals surface area contributed by atoms with Gasteiger partial charge in [0.1, 0.15) is 0 Å². The summed E-state index contributed by atoms with van der Waals surface area (Å²) in [5, 5.41) is 0. The van der Waals surface area contributed by atoms with Crippen LogP contribution in [-0.2, 0) is 20.4 Å². The molecule has 0 spiro atoms. The van der Waals surface area contributed by atoms with Gasteiger partial charge in [0.05, 0.1) is 0 Å². The number of benzene rings is 4. The van der Waals surface area contributed by atoms with Crippen LogP contribution in [0.3, 0.4) is 0 Å². The Bertz CT molecular complexity index is 1470. The van der Waals surface area contributed by atoms with Gasteiger partial charge in [0, 0.05) is 0 Å². The van der Waals surface area contributed by atoms with E-state index in [0.717, 1.165) is 0 Å². The van der Waals surface area contributed by atoms with Crippen molar-refractivity contribution in [2.24, 2.45) is 0 Å². The molecule has 0 N–H and O–H groups in total. The van der Waals surface area contributed by atoms with E-state index in [4.69, 9.17) is 0 Å². The minimum atomic E-state index is -2.05. The second-order valence-electron chi connectivity index (χ2n) is 9.49. The molecule has 0 amide bonds.